The number of hydrogen-bond acceptors (Lipinski definition) is 6. The number of esters is 1. The molecule has 0 fully saturated rings. The van der Waals surface area contributed by atoms with Crippen molar-refractivity contribution in [1.29, 1.82) is 0 Å². The maximum atomic E-state index is 13.1. The molecular weight excluding hydrogens is 340 g/mol. The van der Waals surface area contributed by atoms with E-state index in [-0.39, 0.29) is 11.7 Å². The van der Waals surface area contributed by atoms with Crippen molar-refractivity contribution in [2.24, 2.45) is 0 Å². The van der Waals surface area contributed by atoms with Crippen LogP contribution in [0, 0.1) is 0 Å². The molecule has 3 rings (SSSR count). The fourth-order valence-corrected chi connectivity index (χ4v) is 3.58. The van der Waals surface area contributed by atoms with E-state index in [1.807, 2.05) is 0 Å². The van der Waals surface area contributed by atoms with Gasteiger partial charge < -0.3 is 4.74 Å². The molecule has 0 N–H and O–H groups in total. The van der Waals surface area contributed by atoms with Crippen molar-refractivity contribution in [2.75, 3.05) is 7.11 Å². The van der Waals surface area contributed by atoms with Crippen LogP contribution in [-0.2, 0) is 11.3 Å². The van der Waals surface area contributed by atoms with Gasteiger partial charge >= 0.3 is 11.7 Å². The van der Waals surface area contributed by atoms with Gasteiger partial charge in [0.15, 0.2) is 5.65 Å². The van der Waals surface area contributed by atoms with Gasteiger partial charge in [0.2, 0.25) is 0 Å². The summed E-state index contributed by atoms with van der Waals surface area (Å²) in [5.74, 6) is -0.471. The number of hydrogen-bond donors (Lipinski definition) is 0. The third-order valence-corrected chi connectivity index (χ3v) is 5.09. The van der Waals surface area contributed by atoms with Crippen molar-refractivity contribution in [3.8, 4) is 0 Å². The molecule has 0 saturated carbocycles. The summed E-state index contributed by atoms with van der Waals surface area (Å²) in [6.07, 6.45) is 4.87. The van der Waals surface area contributed by atoms with Gasteiger partial charge in [0, 0.05) is 23.3 Å². The molecule has 7 nitrogen and oxygen atoms in total. The summed E-state index contributed by atoms with van der Waals surface area (Å²) in [5.41, 5.74) is 3.17. The summed E-state index contributed by atoms with van der Waals surface area (Å²) in [7, 11) is 1.33. The first kappa shape index (κ1) is 17.3. The molecular formula is C17H20N4O3S. The van der Waals surface area contributed by atoms with Crippen LogP contribution in [0.25, 0.3) is 11.2 Å². The first-order valence-electron chi connectivity index (χ1n) is 8.17. The van der Waals surface area contributed by atoms with E-state index >= 15 is 0 Å². The number of thiazole rings is 1. The highest BCUT2D eigenvalue weighted by molar-refractivity contribution is 7.09. The van der Waals surface area contributed by atoms with E-state index in [0.717, 1.165) is 17.7 Å². The molecule has 8 heteroatoms. The Morgan fingerprint density at radius 2 is 2.08 bits per heavy atom. The highest BCUT2D eigenvalue weighted by atomic mass is 32.1. The summed E-state index contributed by atoms with van der Waals surface area (Å²) in [6.45, 7) is 4.50. The number of rotatable bonds is 6. The van der Waals surface area contributed by atoms with Crippen LogP contribution < -0.4 is 5.69 Å². The van der Waals surface area contributed by atoms with Crippen molar-refractivity contribution >= 4 is 28.5 Å². The van der Waals surface area contributed by atoms with Crippen molar-refractivity contribution in [2.45, 2.75) is 39.3 Å². The van der Waals surface area contributed by atoms with Gasteiger partial charge in [-0.2, -0.15) is 0 Å². The Morgan fingerprint density at radius 1 is 1.32 bits per heavy atom. The SMILES string of the molecule is CCC(CC)n1c(=O)n(Cc2cncs2)c2cc(C(=O)OC)cnc21. The standard InChI is InChI=1S/C17H20N4O3S/c1-4-12(5-2)21-15-14(6-11(7-19-15)16(22)24-3)20(17(21)23)9-13-8-18-10-25-13/h6-8,10,12H,4-5,9H2,1-3H3. The van der Waals surface area contributed by atoms with E-state index in [1.165, 1.54) is 24.6 Å². The predicted octanol–water partition coefficient (Wildman–Crippen LogP) is 2.85. The fraction of sp³-hybridized carbons (Fsp3) is 0.412. The first-order chi connectivity index (χ1) is 12.1. The number of aromatic nitrogens is 4. The number of carbonyl (C=O) groups is 1. The van der Waals surface area contributed by atoms with Crippen molar-refractivity contribution < 1.29 is 9.53 Å². The molecule has 132 valence electrons. The van der Waals surface area contributed by atoms with E-state index in [9.17, 15) is 9.59 Å². The highest BCUT2D eigenvalue weighted by Gasteiger charge is 2.21. The van der Waals surface area contributed by atoms with Gasteiger partial charge in [-0.25, -0.2) is 14.6 Å². The smallest absolute Gasteiger partial charge is 0.339 e. The molecule has 0 radical (unpaired) electrons. The zero-order valence-electron chi connectivity index (χ0n) is 14.4. The average molecular weight is 360 g/mol. The van der Waals surface area contributed by atoms with Crippen LogP contribution in [0.2, 0.25) is 0 Å². The lowest BCUT2D eigenvalue weighted by Gasteiger charge is -2.13. The molecule has 0 saturated heterocycles. The number of methoxy groups -OCH3 is 1. The van der Waals surface area contributed by atoms with Crippen LogP contribution in [0.1, 0.15) is 48.0 Å². The first-order valence-corrected chi connectivity index (χ1v) is 9.05. The molecule has 3 heterocycles. The van der Waals surface area contributed by atoms with Gasteiger partial charge in [-0.15, -0.1) is 11.3 Å². The molecule has 0 aliphatic heterocycles. The molecule has 0 aliphatic rings. The van der Waals surface area contributed by atoms with E-state index in [0.29, 0.717) is 23.3 Å². The quantitative estimate of drug-likeness (QED) is 0.632. The fourth-order valence-electron chi connectivity index (χ4n) is 3.00. The van der Waals surface area contributed by atoms with Gasteiger partial charge in [-0.3, -0.25) is 14.1 Å². The lowest BCUT2D eigenvalue weighted by Crippen LogP contribution is -2.27. The summed E-state index contributed by atoms with van der Waals surface area (Å²) in [6, 6.07) is 1.74. The van der Waals surface area contributed by atoms with E-state index in [4.69, 9.17) is 4.74 Å². The van der Waals surface area contributed by atoms with Crippen LogP contribution in [0.15, 0.2) is 28.8 Å². The number of ether oxygens (including phenoxy) is 1. The van der Waals surface area contributed by atoms with E-state index in [2.05, 4.69) is 23.8 Å². The molecule has 0 atom stereocenters. The lowest BCUT2D eigenvalue weighted by molar-refractivity contribution is 0.0600. The molecule has 0 unspecified atom stereocenters. The van der Waals surface area contributed by atoms with Gasteiger partial charge in [-0.05, 0) is 18.9 Å². The second-order valence-electron chi connectivity index (χ2n) is 5.74. The summed E-state index contributed by atoms with van der Waals surface area (Å²) >= 11 is 1.49. The molecule has 0 spiro atoms. The van der Waals surface area contributed by atoms with Crippen LogP contribution in [0.3, 0.4) is 0 Å². The number of fused-ring (bicyclic) bond motifs is 1. The third kappa shape index (κ3) is 3.09. The Kier molecular flexibility index (Phi) is 4.98. The minimum atomic E-state index is -0.471. The minimum absolute atomic E-state index is 0.0641. The third-order valence-electron chi connectivity index (χ3n) is 4.33. The normalized spacial score (nSPS) is 11.4. The van der Waals surface area contributed by atoms with Crippen molar-refractivity contribution in [3.05, 3.63) is 44.9 Å². The van der Waals surface area contributed by atoms with Gasteiger partial charge in [-0.1, -0.05) is 13.8 Å². The van der Waals surface area contributed by atoms with Gasteiger partial charge in [0.1, 0.15) is 0 Å². The monoisotopic (exact) mass is 360 g/mol. The zero-order chi connectivity index (χ0) is 18.0. The molecule has 0 amide bonds. The molecule has 0 aromatic carbocycles. The zero-order valence-corrected chi connectivity index (χ0v) is 15.2. The largest absolute Gasteiger partial charge is 0.465 e. The van der Waals surface area contributed by atoms with Crippen molar-refractivity contribution in [1.82, 2.24) is 19.1 Å². The van der Waals surface area contributed by atoms with Crippen molar-refractivity contribution in [3.63, 3.8) is 0 Å². The van der Waals surface area contributed by atoms with Crippen LogP contribution in [0.4, 0.5) is 0 Å². The van der Waals surface area contributed by atoms with Crippen LogP contribution >= 0.6 is 11.3 Å². The number of nitrogens with zero attached hydrogens (tertiary/aromatic N) is 4. The lowest BCUT2D eigenvalue weighted by atomic mass is 10.1. The molecule has 3 aromatic heterocycles. The summed E-state index contributed by atoms with van der Waals surface area (Å²) < 4.78 is 8.16. The minimum Gasteiger partial charge on any atom is -0.465 e. The number of pyridine rings is 1. The average Bonchev–Trinajstić information content (AvgIpc) is 3.24. The van der Waals surface area contributed by atoms with E-state index < -0.39 is 5.97 Å². The summed E-state index contributed by atoms with van der Waals surface area (Å²) in [4.78, 5) is 34.4. The van der Waals surface area contributed by atoms with Gasteiger partial charge in [0.05, 0.1) is 30.2 Å². The summed E-state index contributed by atoms with van der Waals surface area (Å²) in [5, 5.41) is 0. The maximum absolute atomic E-state index is 13.1. The molecule has 3 aromatic rings. The molecule has 0 bridgehead atoms. The Balaban J connectivity index is 2.24. The Bertz CT molecular complexity index is 939. The van der Waals surface area contributed by atoms with E-state index in [1.54, 1.807) is 26.9 Å². The number of imidazole rings is 1. The second-order valence-corrected chi connectivity index (χ2v) is 6.71. The Labute approximate surface area is 148 Å². The topological polar surface area (TPSA) is 79.0 Å². The van der Waals surface area contributed by atoms with Gasteiger partial charge in [0.25, 0.3) is 0 Å². The molecule has 0 aliphatic carbocycles. The predicted molar refractivity (Wildman–Crippen MR) is 96.2 cm³/mol. The highest BCUT2D eigenvalue weighted by Crippen LogP contribution is 2.22. The Hall–Kier alpha value is -2.48. The second kappa shape index (κ2) is 7.18. The van der Waals surface area contributed by atoms with Crippen LogP contribution in [0.5, 0.6) is 0 Å². The van der Waals surface area contributed by atoms with Crippen LogP contribution in [-0.4, -0.2) is 32.2 Å². The maximum Gasteiger partial charge on any atom is 0.339 e. The Morgan fingerprint density at radius 3 is 2.68 bits per heavy atom. The number of carbonyl (C=O) groups excluding carboxylic acids is 1. The molecule has 25 heavy (non-hydrogen) atoms.